The number of carbonyl (C=O) groups is 1. The maximum absolute atomic E-state index is 13.8. The van der Waals surface area contributed by atoms with Gasteiger partial charge in [0.2, 0.25) is 0 Å². The Hall–Kier alpha value is -2.98. The van der Waals surface area contributed by atoms with Gasteiger partial charge in [0, 0.05) is 10.4 Å². The van der Waals surface area contributed by atoms with E-state index < -0.39 is 35.2 Å². The Morgan fingerprint density at radius 2 is 2.00 bits per heavy atom. The molecule has 2 heterocycles. The molecule has 10 heteroatoms. The molecular formula is C21H23FN2O6S. The topological polar surface area (TPSA) is 111 Å². The SMILES string of the molecule is CCc1sc2c(c1C)c(=O)n(C(C)C(=O)O)c(=O)n2C[C@H](O)c1cc(F)ccc1OC. The van der Waals surface area contributed by atoms with Crippen molar-refractivity contribution in [3.05, 3.63) is 60.9 Å². The Bertz CT molecular complexity index is 1280. The second kappa shape index (κ2) is 8.64. The van der Waals surface area contributed by atoms with Crippen molar-refractivity contribution in [1.82, 2.24) is 9.13 Å². The van der Waals surface area contributed by atoms with Crippen molar-refractivity contribution in [2.75, 3.05) is 7.11 Å². The van der Waals surface area contributed by atoms with Gasteiger partial charge in [-0.15, -0.1) is 11.3 Å². The first kappa shape index (κ1) is 22.7. The van der Waals surface area contributed by atoms with Gasteiger partial charge in [0.1, 0.15) is 28.5 Å². The first-order chi connectivity index (χ1) is 14.6. The van der Waals surface area contributed by atoms with Crippen LogP contribution < -0.4 is 16.0 Å². The number of thiophene rings is 1. The van der Waals surface area contributed by atoms with Crippen LogP contribution in [0.3, 0.4) is 0 Å². The van der Waals surface area contributed by atoms with E-state index in [4.69, 9.17) is 4.74 Å². The normalized spacial score (nSPS) is 13.4. The Balaban J connectivity index is 2.29. The molecule has 0 saturated carbocycles. The number of methoxy groups -OCH3 is 1. The molecule has 1 unspecified atom stereocenters. The molecule has 0 bridgehead atoms. The molecule has 0 amide bonds. The molecule has 2 atom stereocenters. The predicted molar refractivity (Wildman–Crippen MR) is 115 cm³/mol. The average molecular weight is 450 g/mol. The highest BCUT2D eigenvalue weighted by molar-refractivity contribution is 7.18. The Kier molecular flexibility index (Phi) is 6.33. The van der Waals surface area contributed by atoms with E-state index in [-0.39, 0.29) is 23.2 Å². The summed E-state index contributed by atoms with van der Waals surface area (Å²) in [6.07, 6.45) is -0.724. The third-order valence-electron chi connectivity index (χ3n) is 5.31. The molecular weight excluding hydrogens is 427 g/mol. The van der Waals surface area contributed by atoms with Crippen molar-refractivity contribution >= 4 is 27.5 Å². The largest absolute Gasteiger partial charge is 0.496 e. The Labute approximate surface area is 180 Å². The van der Waals surface area contributed by atoms with Gasteiger partial charge in [-0.2, -0.15) is 0 Å². The van der Waals surface area contributed by atoms with Crippen LogP contribution in [-0.4, -0.2) is 32.4 Å². The zero-order valence-corrected chi connectivity index (χ0v) is 18.3. The number of nitrogens with zero attached hydrogens (tertiary/aromatic N) is 2. The lowest BCUT2D eigenvalue weighted by Gasteiger charge is -2.19. The van der Waals surface area contributed by atoms with Crippen LogP contribution in [0, 0.1) is 12.7 Å². The van der Waals surface area contributed by atoms with Crippen LogP contribution in [0.2, 0.25) is 0 Å². The number of rotatable bonds is 7. The monoisotopic (exact) mass is 450 g/mol. The average Bonchev–Trinajstić information content (AvgIpc) is 3.07. The van der Waals surface area contributed by atoms with Crippen LogP contribution in [0.5, 0.6) is 5.75 Å². The molecule has 0 aliphatic carbocycles. The highest BCUT2D eigenvalue weighted by Gasteiger charge is 2.26. The van der Waals surface area contributed by atoms with Crippen molar-refractivity contribution < 1.29 is 24.1 Å². The summed E-state index contributed by atoms with van der Waals surface area (Å²) in [5.41, 5.74) is -0.732. The number of aliphatic carboxylic acids is 1. The third-order valence-corrected chi connectivity index (χ3v) is 6.77. The number of benzene rings is 1. The van der Waals surface area contributed by atoms with E-state index in [0.29, 0.717) is 21.4 Å². The summed E-state index contributed by atoms with van der Waals surface area (Å²) < 4.78 is 20.8. The zero-order chi connectivity index (χ0) is 23.0. The maximum Gasteiger partial charge on any atom is 0.333 e. The number of hydrogen-bond donors (Lipinski definition) is 2. The Morgan fingerprint density at radius 3 is 2.58 bits per heavy atom. The molecule has 2 N–H and O–H groups in total. The minimum absolute atomic E-state index is 0.135. The summed E-state index contributed by atoms with van der Waals surface area (Å²) in [7, 11) is 1.37. The minimum Gasteiger partial charge on any atom is -0.496 e. The van der Waals surface area contributed by atoms with E-state index in [1.165, 1.54) is 42.1 Å². The summed E-state index contributed by atoms with van der Waals surface area (Å²) in [5, 5.41) is 20.5. The van der Waals surface area contributed by atoms with Crippen molar-refractivity contribution in [2.45, 2.75) is 45.9 Å². The number of aliphatic hydroxyl groups excluding tert-OH is 1. The highest BCUT2D eigenvalue weighted by Crippen LogP contribution is 2.31. The maximum atomic E-state index is 13.8. The summed E-state index contributed by atoms with van der Waals surface area (Å²) in [6.45, 7) is 4.58. The standard InChI is InChI=1S/C21H23FN2O6S/c1-5-16-10(2)17-18(26)24(11(3)20(27)28)21(29)23(19(17)31-16)9-14(25)13-8-12(22)6-7-15(13)30-4/h6-8,11,14,25H,5,9H2,1-4H3,(H,27,28)/t11?,14-/m0/s1. The lowest BCUT2D eigenvalue weighted by Crippen LogP contribution is -2.44. The minimum atomic E-state index is -1.40. The van der Waals surface area contributed by atoms with Gasteiger partial charge in [-0.3, -0.25) is 9.36 Å². The first-order valence-electron chi connectivity index (χ1n) is 9.63. The summed E-state index contributed by atoms with van der Waals surface area (Å²) in [4.78, 5) is 39.0. The number of aromatic nitrogens is 2. The van der Waals surface area contributed by atoms with Gasteiger partial charge in [0.25, 0.3) is 5.56 Å². The third kappa shape index (κ3) is 3.88. The smallest absolute Gasteiger partial charge is 0.333 e. The zero-order valence-electron chi connectivity index (χ0n) is 17.5. The van der Waals surface area contributed by atoms with Gasteiger partial charge >= 0.3 is 11.7 Å². The van der Waals surface area contributed by atoms with Crippen LogP contribution in [0.1, 0.15) is 42.0 Å². The van der Waals surface area contributed by atoms with Crippen LogP contribution in [-0.2, 0) is 17.8 Å². The molecule has 166 valence electrons. The van der Waals surface area contributed by atoms with Gasteiger partial charge in [-0.25, -0.2) is 18.5 Å². The van der Waals surface area contributed by atoms with Crippen LogP contribution in [0.4, 0.5) is 4.39 Å². The van der Waals surface area contributed by atoms with Crippen LogP contribution >= 0.6 is 11.3 Å². The van der Waals surface area contributed by atoms with Gasteiger partial charge in [-0.05, 0) is 44.0 Å². The number of carboxylic acids is 1. The fourth-order valence-electron chi connectivity index (χ4n) is 3.60. The van der Waals surface area contributed by atoms with E-state index >= 15 is 0 Å². The first-order valence-corrected chi connectivity index (χ1v) is 10.5. The molecule has 0 aliphatic heterocycles. The molecule has 0 radical (unpaired) electrons. The highest BCUT2D eigenvalue weighted by atomic mass is 32.1. The number of hydrogen-bond acceptors (Lipinski definition) is 6. The summed E-state index contributed by atoms with van der Waals surface area (Å²) in [6, 6.07) is 2.26. The molecule has 3 aromatic rings. The molecule has 3 rings (SSSR count). The van der Waals surface area contributed by atoms with E-state index in [2.05, 4.69) is 0 Å². The second-order valence-electron chi connectivity index (χ2n) is 7.17. The van der Waals surface area contributed by atoms with Gasteiger partial charge in [0.15, 0.2) is 0 Å². The summed E-state index contributed by atoms with van der Waals surface area (Å²) >= 11 is 1.24. The molecule has 1 aromatic carbocycles. The molecule has 0 saturated heterocycles. The number of aliphatic hydroxyl groups is 1. The molecule has 31 heavy (non-hydrogen) atoms. The molecule has 0 fully saturated rings. The quantitative estimate of drug-likeness (QED) is 0.573. The number of carboxylic acid groups (broad SMARTS) is 1. The van der Waals surface area contributed by atoms with E-state index in [1.807, 2.05) is 6.92 Å². The fourth-order valence-corrected chi connectivity index (χ4v) is 4.84. The van der Waals surface area contributed by atoms with E-state index in [0.717, 1.165) is 10.9 Å². The van der Waals surface area contributed by atoms with Crippen LogP contribution in [0.25, 0.3) is 10.2 Å². The molecule has 2 aromatic heterocycles. The predicted octanol–water partition coefficient (Wildman–Crippen LogP) is 2.62. The molecule has 0 spiro atoms. The Morgan fingerprint density at radius 1 is 1.32 bits per heavy atom. The second-order valence-corrected chi connectivity index (χ2v) is 8.25. The van der Waals surface area contributed by atoms with Crippen molar-refractivity contribution in [2.24, 2.45) is 0 Å². The molecule has 0 aliphatic rings. The number of fused-ring (bicyclic) bond motifs is 1. The van der Waals surface area contributed by atoms with Gasteiger partial charge in [0.05, 0.1) is 19.0 Å². The number of aryl methyl sites for hydroxylation is 2. The fraction of sp³-hybridized carbons (Fsp3) is 0.381. The van der Waals surface area contributed by atoms with E-state index in [1.54, 1.807) is 6.92 Å². The van der Waals surface area contributed by atoms with Crippen molar-refractivity contribution in [3.8, 4) is 5.75 Å². The van der Waals surface area contributed by atoms with Gasteiger partial charge < -0.3 is 14.9 Å². The van der Waals surface area contributed by atoms with Crippen LogP contribution in [0.15, 0.2) is 27.8 Å². The lowest BCUT2D eigenvalue weighted by atomic mass is 10.1. The number of halogens is 1. The van der Waals surface area contributed by atoms with Crippen molar-refractivity contribution in [3.63, 3.8) is 0 Å². The lowest BCUT2D eigenvalue weighted by molar-refractivity contribution is -0.140. The van der Waals surface area contributed by atoms with Gasteiger partial charge in [-0.1, -0.05) is 6.92 Å². The van der Waals surface area contributed by atoms with Crippen molar-refractivity contribution in [1.29, 1.82) is 0 Å². The molecule has 8 nitrogen and oxygen atoms in total. The summed E-state index contributed by atoms with van der Waals surface area (Å²) in [5.74, 6) is -1.68. The number of ether oxygens (including phenoxy) is 1. The van der Waals surface area contributed by atoms with E-state index in [9.17, 15) is 29.0 Å².